The van der Waals surface area contributed by atoms with E-state index in [1.165, 1.54) is 12.0 Å². The molecule has 0 spiro atoms. The zero-order valence-corrected chi connectivity index (χ0v) is 14.1. The molecule has 0 aliphatic rings. The molecule has 1 heteroatoms. The van der Waals surface area contributed by atoms with Gasteiger partial charge in [-0.2, -0.15) is 0 Å². The molecule has 0 aliphatic heterocycles. The molecular weight excluding hydrogens is 254 g/mol. The van der Waals surface area contributed by atoms with Crippen molar-refractivity contribution in [2.24, 2.45) is 0 Å². The van der Waals surface area contributed by atoms with Crippen molar-refractivity contribution in [1.82, 2.24) is 0 Å². The summed E-state index contributed by atoms with van der Waals surface area (Å²) in [7, 11) is 0. The third-order valence-corrected chi connectivity index (χ3v) is 2.78. The molecule has 0 atom stereocenters. The van der Waals surface area contributed by atoms with Gasteiger partial charge in [0.1, 0.15) is 0 Å². The lowest BCUT2D eigenvalue weighted by atomic mass is 9.95. The number of benzene rings is 2. The molecule has 2 aromatic carbocycles. The quantitative estimate of drug-likeness (QED) is 0.640. The number of para-hydroxylation sites is 1. The van der Waals surface area contributed by atoms with Crippen LogP contribution in [0.15, 0.2) is 49.0 Å². The summed E-state index contributed by atoms with van der Waals surface area (Å²) in [6.45, 7) is 14.2. The number of aryl methyl sites for hydroxylation is 1. The average molecular weight is 283 g/mol. The van der Waals surface area contributed by atoms with E-state index in [1.807, 2.05) is 50.3 Å². The van der Waals surface area contributed by atoms with Crippen LogP contribution in [0.5, 0.6) is 0 Å². The van der Waals surface area contributed by atoms with E-state index >= 15 is 0 Å². The third kappa shape index (κ3) is 5.47. The van der Waals surface area contributed by atoms with Gasteiger partial charge in [0.05, 0.1) is 0 Å². The first kappa shape index (κ1) is 19.0. The van der Waals surface area contributed by atoms with E-state index in [4.69, 9.17) is 5.73 Å². The largest absolute Gasteiger partial charge is 0.398 e. The normalized spacial score (nSPS) is 8.81. The molecule has 2 aromatic rings. The minimum Gasteiger partial charge on any atom is -0.398 e. The Bertz CT molecular complexity index is 541. The molecule has 0 heterocycles. The number of anilines is 1. The summed E-state index contributed by atoms with van der Waals surface area (Å²) in [4.78, 5) is 0. The van der Waals surface area contributed by atoms with Gasteiger partial charge >= 0.3 is 0 Å². The summed E-state index contributed by atoms with van der Waals surface area (Å²) in [6.07, 6.45) is 3.14. The minimum absolute atomic E-state index is 0.802. The molecule has 0 aromatic heterocycles. The summed E-state index contributed by atoms with van der Waals surface area (Å²) in [6, 6.07) is 14.1. The zero-order chi connectivity index (χ0) is 16.3. The number of hydrogen-bond donors (Lipinski definition) is 1. The molecule has 114 valence electrons. The van der Waals surface area contributed by atoms with Gasteiger partial charge in [0, 0.05) is 11.3 Å². The van der Waals surface area contributed by atoms with Crippen molar-refractivity contribution >= 4 is 11.8 Å². The first-order valence-electron chi connectivity index (χ1n) is 7.72. The second-order valence-electron chi connectivity index (χ2n) is 4.53. The molecule has 0 saturated heterocycles. The molecule has 2 N–H and O–H groups in total. The van der Waals surface area contributed by atoms with E-state index in [1.54, 1.807) is 0 Å². The van der Waals surface area contributed by atoms with Gasteiger partial charge in [-0.25, -0.2) is 0 Å². The van der Waals surface area contributed by atoms with Gasteiger partial charge in [-0.15, -0.1) is 0 Å². The molecule has 0 unspecified atom stereocenters. The fraction of sp³-hybridized carbons (Fsp3) is 0.300. The highest BCUT2D eigenvalue weighted by molar-refractivity contribution is 5.83. The minimum atomic E-state index is 0.802. The highest BCUT2D eigenvalue weighted by Gasteiger charge is 2.06. The third-order valence-electron chi connectivity index (χ3n) is 2.78. The summed E-state index contributed by atoms with van der Waals surface area (Å²) in [5.74, 6) is 0. The fourth-order valence-electron chi connectivity index (χ4n) is 1.93. The van der Waals surface area contributed by atoms with Gasteiger partial charge in [0.15, 0.2) is 0 Å². The van der Waals surface area contributed by atoms with Crippen molar-refractivity contribution in [1.29, 1.82) is 0 Å². The first-order valence-corrected chi connectivity index (χ1v) is 7.72. The van der Waals surface area contributed by atoms with Crippen molar-refractivity contribution in [2.75, 3.05) is 5.73 Å². The van der Waals surface area contributed by atoms with Crippen LogP contribution in [0.4, 0.5) is 5.69 Å². The molecule has 0 saturated carbocycles. The Hall–Kier alpha value is -2.02. The predicted octanol–water partition coefficient (Wildman–Crippen LogP) is 6.33. The second-order valence-corrected chi connectivity index (χ2v) is 4.53. The van der Waals surface area contributed by atoms with Gasteiger partial charge in [0.25, 0.3) is 0 Å². The Morgan fingerprint density at radius 3 is 2.00 bits per heavy atom. The van der Waals surface area contributed by atoms with Crippen LogP contribution < -0.4 is 5.73 Å². The fourth-order valence-corrected chi connectivity index (χ4v) is 1.93. The van der Waals surface area contributed by atoms with Gasteiger partial charge in [-0.3, -0.25) is 0 Å². The van der Waals surface area contributed by atoms with Crippen molar-refractivity contribution < 1.29 is 0 Å². The Morgan fingerprint density at radius 1 is 0.952 bits per heavy atom. The van der Waals surface area contributed by atoms with Crippen LogP contribution in [0, 0.1) is 6.92 Å². The maximum Gasteiger partial charge on any atom is 0.0393 e. The summed E-state index contributed by atoms with van der Waals surface area (Å²) < 4.78 is 0. The van der Waals surface area contributed by atoms with Crippen molar-refractivity contribution in [3.05, 3.63) is 60.2 Å². The van der Waals surface area contributed by atoms with E-state index in [9.17, 15) is 0 Å². The van der Waals surface area contributed by atoms with Crippen molar-refractivity contribution in [2.45, 2.75) is 41.0 Å². The Morgan fingerprint density at radius 2 is 1.48 bits per heavy atom. The topological polar surface area (TPSA) is 26.0 Å². The molecule has 0 amide bonds. The number of rotatable bonds is 2. The number of nitrogens with two attached hydrogens (primary N) is 1. The molecule has 2 rings (SSSR count). The van der Waals surface area contributed by atoms with E-state index in [-0.39, 0.29) is 0 Å². The highest BCUT2D eigenvalue weighted by Crippen LogP contribution is 2.30. The second kappa shape index (κ2) is 10.7. The van der Waals surface area contributed by atoms with Gasteiger partial charge in [0.2, 0.25) is 0 Å². The summed E-state index contributed by atoms with van der Waals surface area (Å²) >= 11 is 0. The lowest BCUT2D eigenvalue weighted by Gasteiger charge is -2.11. The maximum atomic E-state index is 5.99. The number of hydrogen-bond acceptors (Lipinski definition) is 1. The number of nitrogen functional groups attached to an aromatic ring is 1. The molecular formula is C20H29N. The molecule has 0 radical (unpaired) electrons. The van der Waals surface area contributed by atoms with Gasteiger partial charge in [-0.1, -0.05) is 83.2 Å². The standard InChI is InChI=1S/C15H15N.C3H8.C2H6/c1-3-12-11(2)7-6-9-13(12)14-8-4-5-10-15(14)16;1-3-2;1-2/h3-10H,1,16H2,2H3;3H2,1-2H3;1-2H3. The van der Waals surface area contributed by atoms with E-state index < -0.39 is 0 Å². The summed E-state index contributed by atoms with van der Waals surface area (Å²) in [5, 5.41) is 0. The molecule has 0 fully saturated rings. The lowest BCUT2D eigenvalue weighted by molar-refractivity contribution is 1.09. The zero-order valence-electron chi connectivity index (χ0n) is 14.1. The van der Waals surface area contributed by atoms with Crippen LogP contribution in [-0.4, -0.2) is 0 Å². The van der Waals surface area contributed by atoms with Crippen LogP contribution in [0.3, 0.4) is 0 Å². The average Bonchev–Trinajstić information content (AvgIpc) is 2.50. The maximum absolute atomic E-state index is 5.99. The van der Waals surface area contributed by atoms with Crippen molar-refractivity contribution in [3.8, 4) is 11.1 Å². The smallest absolute Gasteiger partial charge is 0.0393 e. The Balaban J connectivity index is 0.000000713. The van der Waals surface area contributed by atoms with Crippen LogP contribution in [0.25, 0.3) is 17.2 Å². The predicted molar refractivity (Wildman–Crippen MR) is 98.4 cm³/mol. The monoisotopic (exact) mass is 283 g/mol. The van der Waals surface area contributed by atoms with Gasteiger partial charge in [-0.05, 0) is 29.7 Å². The lowest BCUT2D eigenvalue weighted by Crippen LogP contribution is -1.92. The van der Waals surface area contributed by atoms with Crippen LogP contribution in [0.2, 0.25) is 0 Å². The first-order chi connectivity index (χ1) is 10.2. The van der Waals surface area contributed by atoms with E-state index in [0.717, 1.165) is 22.4 Å². The van der Waals surface area contributed by atoms with Crippen LogP contribution in [-0.2, 0) is 0 Å². The Labute approximate surface area is 130 Å². The molecule has 21 heavy (non-hydrogen) atoms. The van der Waals surface area contributed by atoms with Crippen LogP contribution in [0.1, 0.15) is 45.2 Å². The van der Waals surface area contributed by atoms with Gasteiger partial charge < -0.3 is 5.73 Å². The van der Waals surface area contributed by atoms with Crippen LogP contribution >= 0.6 is 0 Å². The Kier molecular flexibility index (Phi) is 9.70. The van der Waals surface area contributed by atoms with E-state index in [2.05, 4.69) is 39.5 Å². The van der Waals surface area contributed by atoms with E-state index in [0.29, 0.717) is 0 Å². The molecule has 0 bridgehead atoms. The summed E-state index contributed by atoms with van der Waals surface area (Å²) in [5.41, 5.74) is 11.4. The SMILES string of the molecule is C=Cc1c(C)cccc1-c1ccccc1N.CC.CCC. The highest BCUT2D eigenvalue weighted by atomic mass is 14.6. The van der Waals surface area contributed by atoms with Crippen molar-refractivity contribution in [3.63, 3.8) is 0 Å². The molecule has 0 aliphatic carbocycles. The molecule has 1 nitrogen and oxygen atoms in total.